The number of aryl methyl sites for hydroxylation is 1. The maximum absolute atomic E-state index is 13.1. The molecule has 0 atom stereocenters. The van der Waals surface area contributed by atoms with E-state index in [4.69, 9.17) is 4.74 Å². The molecule has 0 radical (unpaired) electrons. The molecule has 110 valence electrons. The van der Waals surface area contributed by atoms with Gasteiger partial charge in [0.25, 0.3) is 0 Å². The highest BCUT2D eigenvalue weighted by Gasteiger charge is 2.05. The molecule has 2 rings (SSSR count). The standard InChI is InChI=1S/C16H17FN2O2/c1-11-3-6-13(17)9-15(11)19-16(20)18-10-12-4-7-14(21-2)8-5-12/h3-9H,10H2,1-2H3,(H2,18,19,20). The number of nitrogens with one attached hydrogen (secondary N) is 2. The lowest BCUT2D eigenvalue weighted by molar-refractivity contribution is 0.251. The van der Waals surface area contributed by atoms with Crippen molar-refractivity contribution >= 4 is 11.7 Å². The minimum absolute atomic E-state index is 0.375. The van der Waals surface area contributed by atoms with E-state index in [1.807, 2.05) is 24.3 Å². The molecular weight excluding hydrogens is 271 g/mol. The molecule has 0 bridgehead atoms. The van der Waals surface area contributed by atoms with Crippen LogP contribution in [0.25, 0.3) is 0 Å². The second-order valence-electron chi connectivity index (χ2n) is 4.61. The van der Waals surface area contributed by atoms with Crippen LogP contribution in [0.2, 0.25) is 0 Å². The zero-order valence-electron chi connectivity index (χ0n) is 11.9. The van der Waals surface area contributed by atoms with Gasteiger partial charge in [-0.2, -0.15) is 0 Å². The average molecular weight is 288 g/mol. The Hall–Kier alpha value is -2.56. The normalized spacial score (nSPS) is 10.0. The number of amides is 2. The molecule has 0 unspecified atom stereocenters. The molecule has 2 aromatic carbocycles. The first-order chi connectivity index (χ1) is 10.1. The van der Waals surface area contributed by atoms with E-state index in [0.717, 1.165) is 16.9 Å². The van der Waals surface area contributed by atoms with Crippen LogP contribution < -0.4 is 15.4 Å². The van der Waals surface area contributed by atoms with Gasteiger partial charge in [0.15, 0.2) is 0 Å². The first-order valence-corrected chi connectivity index (χ1v) is 6.52. The molecule has 2 aromatic rings. The number of hydrogen-bond donors (Lipinski definition) is 2. The molecule has 5 heteroatoms. The molecule has 2 N–H and O–H groups in total. The van der Waals surface area contributed by atoms with Crippen LogP contribution in [0.1, 0.15) is 11.1 Å². The molecule has 0 aliphatic heterocycles. The second kappa shape index (κ2) is 6.74. The third-order valence-electron chi connectivity index (χ3n) is 3.06. The Morgan fingerprint density at radius 2 is 1.90 bits per heavy atom. The fourth-order valence-corrected chi connectivity index (χ4v) is 1.82. The molecule has 0 spiro atoms. The zero-order valence-corrected chi connectivity index (χ0v) is 11.9. The van der Waals surface area contributed by atoms with E-state index >= 15 is 0 Å². The Morgan fingerprint density at radius 1 is 1.19 bits per heavy atom. The van der Waals surface area contributed by atoms with Gasteiger partial charge in [-0.25, -0.2) is 9.18 Å². The molecular formula is C16H17FN2O2. The summed E-state index contributed by atoms with van der Waals surface area (Å²) in [7, 11) is 1.60. The zero-order chi connectivity index (χ0) is 15.2. The predicted octanol–water partition coefficient (Wildman–Crippen LogP) is 3.46. The van der Waals surface area contributed by atoms with Crippen molar-refractivity contribution in [3.8, 4) is 5.75 Å². The maximum atomic E-state index is 13.1. The number of ether oxygens (including phenoxy) is 1. The van der Waals surface area contributed by atoms with Gasteiger partial charge in [-0.1, -0.05) is 18.2 Å². The lowest BCUT2D eigenvalue weighted by Crippen LogP contribution is -2.28. The Kier molecular flexibility index (Phi) is 4.77. The fourth-order valence-electron chi connectivity index (χ4n) is 1.82. The van der Waals surface area contributed by atoms with Gasteiger partial charge in [0, 0.05) is 12.2 Å². The van der Waals surface area contributed by atoms with Crippen LogP contribution >= 0.6 is 0 Å². The van der Waals surface area contributed by atoms with Crippen molar-refractivity contribution in [3.63, 3.8) is 0 Å². The summed E-state index contributed by atoms with van der Waals surface area (Å²) in [5, 5.41) is 5.35. The number of methoxy groups -OCH3 is 1. The van der Waals surface area contributed by atoms with E-state index in [1.54, 1.807) is 20.1 Å². The second-order valence-corrected chi connectivity index (χ2v) is 4.61. The number of carbonyl (C=O) groups excluding carboxylic acids is 1. The molecule has 0 aliphatic carbocycles. The lowest BCUT2D eigenvalue weighted by Gasteiger charge is -2.10. The van der Waals surface area contributed by atoms with E-state index in [9.17, 15) is 9.18 Å². The molecule has 0 aliphatic rings. The highest BCUT2D eigenvalue weighted by atomic mass is 19.1. The van der Waals surface area contributed by atoms with Crippen LogP contribution in [0.15, 0.2) is 42.5 Å². The van der Waals surface area contributed by atoms with E-state index in [2.05, 4.69) is 10.6 Å². The summed E-state index contributed by atoms with van der Waals surface area (Å²) in [6, 6.07) is 11.3. The van der Waals surface area contributed by atoms with Gasteiger partial charge in [0.05, 0.1) is 7.11 Å². The average Bonchev–Trinajstić information content (AvgIpc) is 2.49. The monoisotopic (exact) mass is 288 g/mol. The molecule has 0 aromatic heterocycles. The van der Waals surface area contributed by atoms with Crippen LogP contribution in [0.4, 0.5) is 14.9 Å². The summed E-state index contributed by atoms with van der Waals surface area (Å²) in [6.45, 7) is 2.18. The first kappa shape index (κ1) is 14.8. The van der Waals surface area contributed by atoms with E-state index in [0.29, 0.717) is 12.2 Å². The molecule has 0 saturated heterocycles. The number of halogens is 1. The summed E-state index contributed by atoms with van der Waals surface area (Å²) in [5.41, 5.74) is 2.21. The number of benzene rings is 2. The lowest BCUT2D eigenvalue weighted by atomic mass is 10.2. The first-order valence-electron chi connectivity index (χ1n) is 6.52. The Morgan fingerprint density at radius 3 is 2.57 bits per heavy atom. The molecule has 21 heavy (non-hydrogen) atoms. The molecule has 0 heterocycles. The van der Waals surface area contributed by atoms with Crippen LogP contribution in [0.3, 0.4) is 0 Å². The number of urea groups is 1. The molecule has 4 nitrogen and oxygen atoms in total. The van der Waals surface area contributed by atoms with Gasteiger partial charge in [-0.15, -0.1) is 0 Å². The largest absolute Gasteiger partial charge is 0.497 e. The van der Waals surface area contributed by atoms with Crippen molar-refractivity contribution in [2.24, 2.45) is 0 Å². The predicted molar refractivity (Wildman–Crippen MR) is 80.0 cm³/mol. The Bertz CT molecular complexity index is 627. The summed E-state index contributed by atoms with van der Waals surface area (Å²) in [5.74, 6) is 0.379. The Balaban J connectivity index is 1.91. The van der Waals surface area contributed by atoms with Crippen LogP contribution in [-0.4, -0.2) is 13.1 Å². The van der Waals surface area contributed by atoms with Crippen molar-refractivity contribution in [2.75, 3.05) is 12.4 Å². The van der Waals surface area contributed by atoms with E-state index < -0.39 is 0 Å². The topological polar surface area (TPSA) is 50.4 Å². The quantitative estimate of drug-likeness (QED) is 0.905. The van der Waals surface area contributed by atoms with Crippen molar-refractivity contribution < 1.29 is 13.9 Å². The fraction of sp³-hybridized carbons (Fsp3) is 0.188. The van der Waals surface area contributed by atoms with Crippen molar-refractivity contribution in [1.29, 1.82) is 0 Å². The van der Waals surface area contributed by atoms with Gasteiger partial charge in [-0.05, 0) is 42.3 Å². The van der Waals surface area contributed by atoms with E-state index in [-0.39, 0.29) is 11.8 Å². The molecule has 0 fully saturated rings. The highest BCUT2D eigenvalue weighted by molar-refractivity contribution is 5.90. The number of anilines is 1. The maximum Gasteiger partial charge on any atom is 0.319 e. The van der Waals surface area contributed by atoms with Crippen molar-refractivity contribution in [1.82, 2.24) is 5.32 Å². The summed E-state index contributed by atoms with van der Waals surface area (Å²) in [4.78, 5) is 11.8. The minimum atomic E-state index is -0.383. The van der Waals surface area contributed by atoms with Crippen molar-refractivity contribution in [2.45, 2.75) is 13.5 Å². The summed E-state index contributed by atoms with van der Waals surface area (Å²) in [6.07, 6.45) is 0. The highest BCUT2D eigenvalue weighted by Crippen LogP contribution is 2.16. The van der Waals surface area contributed by atoms with Gasteiger partial charge in [0.2, 0.25) is 0 Å². The molecule has 2 amide bonds. The Labute approximate surface area is 122 Å². The number of carbonyl (C=O) groups is 1. The SMILES string of the molecule is COc1ccc(CNC(=O)Nc2cc(F)ccc2C)cc1. The van der Waals surface area contributed by atoms with Gasteiger partial charge in [-0.3, -0.25) is 0 Å². The van der Waals surface area contributed by atoms with Gasteiger partial charge < -0.3 is 15.4 Å². The minimum Gasteiger partial charge on any atom is -0.497 e. The third-order valence-corrected chi connectivity index (χ3v) is 3.06. The number of rotatable bonds is 4. The smallest absolute Gasteiger partial charge is 0.319 e. The van der Waals surface area contributed by atoms with Gasteiger partial charge in [0.1, 0.15) is 11.6 Å². The third kappa shape index (κ3) is 4.21. The van der Waals surface area contributed by atoms with Crippen LogP contribution in [0.5, 0.6) is 5.75 Å². The summed E-state index contributed by atoms with van der Waals surface area (Å²) >= 11 is 0. The van der Waals surface area contributed by atoms with Crippen LogP contribution in [0, 0.1) is 12.7 Å². The van der Waals surface area contributed by atoms with Crippen LogP contribution in [-0.2, 0) is 6.54 Å². The molecule has 0 saturated carbocycles. The van der Waals surface area contributed by atoms with Crippen molar-refractivity contribution in [3.05, 3.63) is 59.4 Å². The summed E-state index contributed by atoms with van der Waals surface area (Å²) < 4.78 is 18.2. The number of hydrogen-bond acceptors (Lipinski definition) is 2. The van der Waals surface area contributed by atoms with Gasteiger partial charge >= 0.3 is 6.03 Å². The van der Waals surface area contributed by atoms with E-state index in [1.165, 1.54) is 12.1 Å².